The fourth-order valence-corrected chi connectivity index (χ4v) is 2.64. The molecule has 0 amide bonds. The van der Waals surface area contributed by atoms with Crippen LogP contribution in [0.3, 0.4) is 0 Å². The van der Waals surface area contributed by atoms with E-state index in [1.165, 1.54) is 0 Å². The van der Waals surface area contributed by atoms with Crippen LogP contribution in [0.4, 0.5) is 5.82 Å². The van der Waals surface area contributed by atoms with E-state index in [0.29, 0.717) is 16.6 Å². The summed E-state index contributed by atoms with van der Waals surface area (Å²) in [4.78, 5) is 0. The maximum atomic E-state index is 6.04. The summed E-state index contributed by atoms with van der Waals surface area (Å²) in [7, 11) is 0. The predicted molar refractivity (Wildman–Crippen MR) is 84.5 cm³/mol. The van der Waals surface area contributed by atoms with Crippen molar-refractivity contribution in [2.45, 2.75) is 0 Å². The molecule has 5 heteroatoms. The average molecular weight is 350 g/mol. The molecule has 3 aromatic rings. The van der Waals surface area contributed by atoms with Crippen LogP contribution in [0.15, 0.2) is 57.5 Å². The van der Waals surface area contributed by atoms with Crippen LogP contribution >= 0.6 is 27.5 Å². The van der Waals surface area contributed by atoms with Gasteiger partial charge in [0.2, 0.25) is 0 Å². The lowest BCUT2D eigenvalue weighted by Crippen LogP contribution is -1.88. The Morgan fingerprint density at radius 2 is 1.80 bits per heavy atom. The summed E-state index contributed by atoms with van der Waals surface area (Å²) in [6.45, 7) is 0. The number of nitrogens with two attached hydrogens (primary N) is 1. The molecule has 0 atom stereocenters. The molecule has 0 aliphatic heterocycles. The van der Waals surface area contributed by atoms with Gasteiger partial charge in [0.15, 0.2) is 11.6 Å². The Bertz CT molecular complexity index is 770. The molecule has 2 aromatic carbocycles. The van der Waals surface area contributed by atoms with Gasteiger partial charge in [0.25, 0.3) is 0 Å². The minimum absolute atomic E-state index is 0.349. The van der Waals surface area contributed by atoms with Crippen molar-refractivity contribution in [2.24, 2.45) is 0 Å². The van der Waals surface area contributed by atoms with Crippen LogP contribution in [-0.2, 0) is 0 Å². The molecule has 100 valence electrons. The topological polar surface area (TPSA) is 52.0 Å². The van der Waals surface area contributed by atoms with Crippen molar-refractivity contribution in [1.29, 1.82) is 0 Å². The molecule has 0 bridgehead atoms. The molecule has 2 N–H and O–H groups in total. The van der Waals surface area contributed by atoms with E-state index in [0.717, 1.165) is 21.2 Å². The van der Waals surface area contributed by atoms with Crippen LogP contribution in [-0.4, -0.2) is 5.16 Å². The van der Waals surface area contributed by atoms with E-state index in [-0.39, 0.29) is 0 Å². The number of hydrogen-bond donors (Lipinski definition) is 1. The first-order valence-corrected chi connectivity index (χ1v) is 7.09. The molecule has 20 heavy (non-hydrogen) atoms. The van der Waals surface area contributed by atoms with E-state index < -0.39 is 0 Å². The molecule has 0 unspecified atom stereocenters. The minimum Gasteiger partial charge on any atom is -0.380 e. The van der Waals surface area contributed by atoms with Crippen LogP contribution in [0.25, 0.3) is 22.5 Å². The number of aromatic nitrogens is 1. The van der Waals surface area contributed by atoms with Gasteiger partial charge < -0.3 is 10.3 Å². The van der Waals surface area contributed by atoms with Crippen molar-refractivity contribution in [2.75, 3.05) is 5.73 Å². The summed E-state index contributed by atoms with van der Waals surface area (Å²) in [5.74, 6) is 0.980. The second-order valence-corrected chi connectivity index (χ2v) is 5.64. The van der Waals surface area contributed by atoms with Gasteiger partial charge in [0.05, 0.1) is 5.56 Å². The zero-order valence-corrected chi connectivity index (χ0v) is 12.6. The fourth-order valence-electron chi connectivity index (χ4n) is 2.05. The number of anilines is 1. The Kier molecular flexibility index (Phi) is 3.51. The fraction of sp³-hybridized carbons (Fsp3) is 0. The van der Waals surface area contributed by atoms with Crippen LogP contribution in [0, 0.1) is 0 Å². The first-order chi connectivity index (χ1) is 9.65. The number of benzene rings is 2. The van der Waals surface area contributed by atoms with Crippen molar-refractivity contribution in [1.82, 2.24) is 5.16 Å². The molecule has 0 radical (unpaired) electrons. The first kappa shape index (κ1) is 13.2. The third-order valence-electron chi connectivity index (χ3n) is 2.92. The average Bonchev–Trinajstić information content (AvgIpc) is 2.80. The molecule has 0 aliphatic rings. The maximum absolute atomic E-state index is 6.04. The lowest BCUT2D eigenvalue weighted by Gasteiger charge is -2.04. The summed E-state index contributed by atoms with van der Waals surface area (Å²) in [6, 6.07) is 15.2. The highest BCUT2D eigenvalue weighted by Crippen LogP contribution is 2.37. The molecule has 0 aliphatic carbocycles. The van der Waals surface area contributed by atoms with E-state index >= 15 is 0 Å². The van der Waals surface area contributed by atoms with Crippen molar-refractivity contribution in [3.8, 4) is 22.5 Å². The van der Waals surface area contributed by atoms with Crippen LogP contribution in [0.5, 0.6) is 0 Å². The van der Waals surface area contributed by atoms with Gasteiger partial charge in [-0.3, -0.25) is 0 Å². The summed E-state index contributed by atoms with van der Waals surface area (Å²) in [5.41, 5.74) is 8.48. The SMILES string of the molecule is Nc1noc(-c2cccc(Br)c2)c1-c1cccc(Cl)c1. The molecule has 0 spiro atoms. The number of hydrogen-bond acceptors (Lipinski definition) is 3. The highest BCUT2D eigenvalue weighted by Gasteiger charge is 2.17. The second-order valence-electron chi connectivity index (χ2n) is 4.29. The van der Waals surface area contributed by atoms with Crippen LogP contribution < -0.4 is 5.73 Å². The van der Waals surface area contributed by atoms with Gasteiger partial charge in [-0.15, -0.1) is 0 Å². The van der Waals surface area contributed by atoms with E-state index in [1.807, 2.05) is 48.5 Å². The zero-order valence-electron chi connectivity index (χ0n) is 10.3. The Morgan fingerprint density at radius 1 is 1.05 bits per heavy atom. The normalized spacial score (nSPS) is 10.7. The lowest BCUT2D eigenvalue weighted by atomic mass is 10.0. The zero-order chi connectivity index (χ0) is 14.1. The second kappa shape index (κ2) is 5.31. The first-order valence-electron chi connectivity index (χ1n) is 5.92. The van der Waals surface area contributed by atoms with Gasteiger partial charge in [-0.25, -0.2) is 0 Å². The van der Waals surface area contributed by atoms with Gasteiger partial charge in [-0.2, -0.15) is 0 Å². The molecule has 3 nitrogen and oxygen atoms in total. The molecule has 0 fully saturated rings. The maximum Gasteiger partial charge on any atom is 0.176 e. The van der Waals surface area contributed by atoms with Crippen molar-refractivity contribution >= 4 is 33.3 Å². The molecule has 0 saturated carbocycles. The van der Waals surface area contributed by atoms with Crippen molar-refractivity contribution in [3.05, 3.63) is 58.0 Å². The minimum atomic E-state index is 0.349. The smallest absolute Gasteiger partial charge is 0.176 e. The van der Waals surface area contributed by atoms with Gasteiger partial charge in [-0.1, -0.05) is 57.0 Å². The van der Waals surface area contributed by atoms with Crippen LogP contribution in [0.2, 0.25) is 5.02 Å². The van der Waals surface area contributed by atoms with E-state index in [4.69, 9.17) is 21.9 Å². The summed E-state index contributed by atoms with van der Waals surface area (Å²) >= 11 is 9.48. The molecule has 1 aromatic heterocycles. The number of nitrogen functional groups attached to an aromatic ring is 1. The lowest BCUT2D eigenvalue weighted by molar-refractivity contribution is 0.436. The monoisotopic (exact) mass is 348 g/mol. The largest absolute Gasteiger partial charge is 0.380 e. The summed E-state index contributed by atoms with van der Waals surface area (Å²) in [5, 5.41) is 4.51. The van der Waals surface area contributed by atoms with Crippen LogP contribution in [0.1, 0.15) is 0 Å². The van der Waals surface area contributed by atoms with E-state index in [9.17, 15) is 0 Å². The Hall–Kier alpha value is -1.78. The molecule has 1 heterocycles. The third kappa shape index (κ3) is 2.44. The standard InChI is InChI=1S/C15H10BrClN2O/c16-11-5-1-4-10(7-11)14-13(15(18)19-20-14)9-3-2-6-12(17)8-9/h1-8H,(H2,18,19). The summed E-state index contributed by atoms with van der Waals surface area (Å²) in [6.07, 6.45) is 0. The third-order valence-corrected chi connectivity index (χ3v) is 3.65. The Labute approximate surface area is 129 Å². The quantitative estimate of drug-likeness (QED) is 0.708. The highest BCUT2D eigenvalue weighted by molar-refractivity contribution is 9.10. The predicted octanol–water partition coefficient (Wildman–Crippen LogP) is 5.01. The Morgan fingerprint density at radius 3 is 2.55 bits per heavy atom. The molecular weight excluding hydrogens is 340 g/mol. The Balaban J connectivity index is 2.20. The van der Waals surface area contributed by atoms with Gasteiger partial charge in [-0.05, 0) is 29.8 Å². The van der Waals surface area contributed by atoms with Gasteiger partial charge in [0.1, 0.15) is 0 Å². The summed E-state index contributed by atoms with van der Waals surface area (Å²) < 4.78 is 6.35. The number of nitrogens with zero attached hydrogens (tertiary/aromatic N) is 1. The highest BCUT2D eigenvalue weighted by atomic mass is 79.9. The number of rotatable bonds is 2. The van der Waals surface area contributed by atoms with Crippen molar-refractivity contribution in [3.63, 3.8) is 0 Å². The van der Waals surface area contributed by atoms with Gasteiger partial charge in [0, 0.05) is 15.1 Å². The molecule has 3 rings (SSSR count). The van der Waals surface area contributed by atoms with E-state index in [2.05, 4.69) is 21.1 Å². The van der Waals surface area contributed by atoms with Crippen molar-refractivity contribution < 1.29 is 4.52 Å². The molecule has 0 saturated heterocycles. The van der Waals surface area contributed by atoms with Gasteiger partial charge >= 0.3 is 0 Å². The molecular formula is C15H10BrClN2O. The van der Waals surface area contributed by atoms with E-state index in [1.54, 1.807) is 0 Å². The number of halogens is 2.